The van der Waals surface area contributed by atoms with Crippen molar-refractivity contribution in [2.75, 3.05) is 10.4 Å². The number of imide groups is 2. The van der Waals surface area contributed by atoms with E-state index in [9.17, 15) is 24.3 Å². The lowest BCUT2D eigenvalue weighted by atomic mass is 9.56. The van der Waals surface area contributed by atoms with E-state index in [2.05, 4.69) is 15.9 Å². The van der Waals surface area contributed by atoms with E-state index in [1.54, 1.807) is 36.4 Å². The summed E-state index contributed by atoms with van der Waals surface area (Å²) in [5, 5.41) is 10.4. The van der Waals surface area contributed by atoms with E-state index in [1.165, 1.54) is 17.0 Å². The number of anilines is 1. The first-order chi connectivity index (χ1) is 18.0. The molecular weight excluding hydrogens is 619 g/mol. The van der Waals surface area contributed by atoms with Crippen LogP contribution in [0.25, 0.3) is 0 Å². The van der Waals surface area contributed by atoms with Crippen molar-refractivity contribution in [1.82, 2.24) is 4.90 Å². The molecule has 1 saturated carbocycles. The Hall–Kier alpha value is -2.39. The van der Waals surface area contributed by atoms with E-state index in [0.717, 1.165) is 4.90 Å². The minimum Gasteiger partial charge on any atom is -0.508 e. The zero-order valence-electron chi connectivity index (χ0n) is 19.6. The van der Waals surface area contributed by atoms with Gasteiger partial charge in [0.2, 0.25) is 11.8 Å². The molecular formula is C27H20BrCl3N2O5. The number of carbonyl (C=O) groups is 4. The maximum atomic E-state index is 13.9. The van der Waals surface area contributed by atoms with Crippen LogP contribution in [0.4, 0.5) is 5.69 Å². The second kappa shape index (κ2) is 8.81. The predicted octanol–water partition coefficient (Wildman–Crippen LogP) is 4.96. The third-order valence-electron chi connectivity index (χ3n) is 8.33. The highest BCUT2D eigenvalue weighted by molar-refractivity contribution is 9.09. The molecule has 7 nitrogen and oxygen atoms in total. The summed E-state index contributed by atoms with van der Waals surface area (Å²) in [7, 11) is 0. The van der Waals surface area contributed by atoms with Crippen molar-refractivity contribution < 1.29 is 24.3 Å². The molecule has 1 N–H and O–H groups in total. The maximum Gasteiger partial charge on any atom is 0.254 e. The fourth-order valence-corrected chi connectivity index (χ4v) is 8.19. The average Bonchev–Trinajstić information content (AvgIpc) is 3.23. The number of aromatic hydroxyl groups is 1. The number of likely N-dealkylation sites (tertiary alicyclic amines) is 1. The van der Waals surface area contributed by atoms with Gasteiger partial charge in [-0.3, -0.25) is 29.0 Å². The fourth-order valence-electron chi connectivity index (χ4n) is 6.64. The first kappa shape index (κ1) is 25.9. The number of carbonyl (C=O) groups excluding carboxylic acids is 4. The summed E-state index contributed by atoms with van der Waals surface area (Å²) in [6.07, 6.45) is 2.06. The normalized spacial score (nSPS) is 34.3. The third kappa shape index (κ3) is 3.27. The molecule has 38 heavy (non-hydrogen) atoms. The van der Waals surface area contributed by atoms with Crippen LogP contribution >= 0.6 is 50.7 Å². The molecule has 2 aliphatic heterocycles. The summed E-state index contributed by atoms with van der Waals surface area (Å²) in [5.41, 5.74) is 1.59. The number of nitrogens with zero attached hydrogens (tertiary/aromatic N) is 2. The first-order valence-corrected chi connectivity index (χ1v) is 14.2. The molecule has 0 unspecified atom stereocenters. The summed E-state index contributed by atoms with van der Waals surface area (Å²) in [4.78, 5) is 53.1. The van der Waals surface area contributed by atoms with Crippen LogP contribution in [0.3, 0.4) is 0 Å². The Morgan fingerprint density at radius 1 is 0.921 bits per heavy atom. The van der Waals surface area contributed by atoms with Gasteiger partial charge < -0.3 is 5.11 Å². The molecule has 0 aromatic heterocycles. The van der Waals surface area contributed by atoms with Gasteiger partial charge in [-0.25, -0.2) is 0 Å². The van der Waals surface area contributed by atoms with Gasteiger partial charge in [-0.1, -0.05) is 51.3 Å². The van der Waals surface area contributed by atoms with Crippen molar-refractivity contribution >= 4 is 80.0 Å². The lowest BCUT2D eigenvalue weighted by Crippen LogP contribution is -2.60. The van der Waals surface area contributed by atoms with Crippen LogP contribution in [0.5, 0.6) is 5.75 Å². The van der Waals surface area contributed by atoms with Crippen molar-refractivity contribution in [3.63, 3.8) is 0 Å². The Bertz CT molecular complexity index is 1430. The van der Waals surface area contributed by atoms with Gasteiger partial charge >= 0.3 is 0 Å². The molecule has 0 radical (unpaired) electrons. The van der Waals surface area contributed by atoms with Crippen LogP contribution in [0.15, 0.2) is 60.2 Å². The number of benzene rings is 2. The van der Waals surface area contributed by atoms with Crippen molar-refractivity contribution in [2.45, 2.75) is 28.5 Å². The Balaban J connectivity index is 1.51. The lowest BCUT2D eigenvalue weighted by Gasteiger charge is -2.50. The van der Waals surface area contributed by atoms with E-state index in [4.69, 9.17) is 34.8 Å². The van der Waals surface area contributed by atoms with E-state index in [1.807, 2.05) is 6.08 Å². The summed E-state index contributed by atoms with van der Waals surface area (Å²) < 4.78 is 0. The van der Waals surface area contributed by atoms with E-state index < -0.39 is 45.2 Å². The largest absolute Gasteiger partial charge is 0.508 e. The minimum atomic E-state index is -1.87. The molecule has 2 aromatic carbocycles. The minimum absolute atomic E-state index is 0.0191. The SMILES string of the molecule is O=C1[C@H]2[C@H](CC=C3[C@H]2C[C@@]2(Cl)C(=O)N(CBr)C(=O)[C@@]2(Cl)[C@H]3c2ccc(O)cc2)C(=O)N1c1ccc(Cl)cc1. The van der Waals surface area contributed by atoms with E-state index in [0.29, 0.717) is 21.8 Å². The van der Waals surface area contributed by atoms with Crippen LogP contribution < -0.4 is 4.90 Å². The highest BCUT2D eigenvalue weighted by Crippen LogP contribution is 2.65. The topological polar surface area (TPSA) is 95.0 Å². The van der Waals surface area contributed by atoms with Gasteiger partial charge in [-0.2, -0.15) is 0 Å². The molecule has 6 atom stereocenters. The summed E-state index contributed by atoms with van der Waals surface area (Å²) >= 11 is 23.5. The molecule has 0 bridgehead atoms. The van der Waals surface area contributed by atoms with Gasteiger partial charge in [0.25, 0.3) is 11.8 Å². The molecule has 3 fully saturated rings. The Morgan fingerprint density at radius 3 is 2.21 bits per heavy atom. The molecule has 196 valence electrons. The van der Waals surface area contributed by atoms with E-state index in [-0.39, 0.29) is 35.9 Å². The average molecular weight is 639 g/mol. The number of hydrogen-bond acceptors (Lipinski definition) is 5. The molecule has 2 aromatic rings. The van der Waals surface area contributed by atoms with Crippen LogP contribution in [0.2, 0.25) is 5.02 Å². The summed E-state index contributed by atoms with van der Waals surface area (Å²) in [6.45, 7) is 0. The van der Waals surface area contributed by atoms with Crippen molar-refractivity contribution in [1.29, 1.82) is 0 Å². The van der Waals surface area contributed by atoms with Crippen LogP contribution in [-0.2, 0) is 19.2 Å². The molecule has 6 rings (SSSR count). The first-order valence-electron chi connectivity index (χ1n) is 12.0. The van der Waals surface area contributed by atoms with Crippen LogP contribution in [-0.4, -0.2) is 48.8 Å². The maximum absolute atomic E-state index is 13.9. The van der Waals surface area contributed by atoms with Gasteiger partial charge in [-0.15, -0.1) is 23.2 Å². The molecule has 0 spiro atoms. The second-order valence-electron chi connectivity index (χ2n) is 10.1. The number of alkyl halides is 3. The molecule has 2 heterocycles. The monoisotopic (exact) mass is 636 g/mol. The number of rotatable bonds is 3. The number of amides is 4. The zero-order valence-corrected chi connectivity index (χ0v) is 23.5. The molecule has 2 saturated heterocycles. The zero-order chi connectivity index (χ0) is 27.1. The molecule has 4 aliphatic rings. The Morgan fingerprint density at radius 2 is 1.58 bits per heavy atom. The number of phenolic OH excluding ortho intramolecular Hbond substituents is 1. The van der Waals surface area contributed by atoms with Gasteiger partial charge in [-0.05, 0) is 60.7 Å². The molecule has 4 amide bonds. The number of halogens is 4. The predicted molar refractivity (Wildman–Crippen MR) is 145 cm³/mol. The highest BCUT2D eigenvalue weighted by atomic mass is 79.9. The Labute approximate surface area is 241 Å². The molecule has 2 aliphatic carbocycles. The van der Waals surface area contributed by atoms with Crippen LogP contribution in [0, 0.1) is 17.8 Å². The number of fused-ring (bicyclic) bond motifs is 4. The summed E-state index contributed by atoms with van der Waals surface area (Å²) in [5.74, 6) is -4.89. The highest BCUT2D eigenvalue weighted by Gasteiger charge is 2.76. The Kier molecular flexibility index (Phi) is 6.00. The standard InChI is InChI=1S/C27H20BrCl3N2O5/c28-12-32-24(37)26(30)11-19-17(21(27(26,31)25(32)38)13-1-7-16(34)8-2-13)9-10-18-20(19)23(36)33(22(18)35)15-5-3-14(29)4-6-15/h1-9,18-21,34H,10-12H2/t18-,19+,20-,21-,26+,27-/m0/s1. The van der Waals surface area contributed by atoms with E-state index >= 15 is 0 Å². The van der Waals surface area contributed by atoms with Gasteiger partial charge in [0.1, 0.15) is 5.75 Å². The van der Waals surface area contributed by atoms with Gasteiger partial charge in [0.15, 0.2) is 9.75 Å². The van der Waals surface area contributed by atoms with Crippen LogP contribution in [0.1, 0.15) is 24.3 Å². The van der Waals surface area contributed by atoms with Crippen molar-refractivity contribution in [3.05, 3.63) is 70.8 Å². The number of allylic oxidation sites excluding steroid dienone is 2. The fraction of sp³-hybridized carbons (Fsp3) is 0.333. The smallest absolute Gasteiger partial charge is 0.254 e. The summed E-state index contributed by atoms with van der Waals surface area (Å²) in [6, 6.07) is 12.7. The van der Waals surface area contributed by atoms with Gasteiger partial charge in [0, 0.05) is 10.9 Å². The number of hydrogen-bond donors (Lipinski definition) is 1. The van der Waals surface area contributed by atoms with Crippen molar-refractivity contribution in [3.8, 4) is 5.75 Å². The van der Waals surface area contributed by atoms with Crippen molar-refractivity contribution in [2.24, 2.45) is 17.8 Å². The second-order valence-corrected chi connectivity index (χ2v) is 12.2. The number of phenols is 1. The quantitative estimate of drug-likeness (QED) is 0.222. The van der Waals surface area contributed by atoms with Gasteiger partial charge in [0.05, 0.1) is 23.0 Å². The lowest BCUT2D eigenvalue weighted by molar-refractivity contribution is -0.138. The molecule has 11 heteroatoms. The third-order valence-corrected chi connectivity index (χ3v) is 10.5.